The van der Waals surface area contributed by atoms with Crippen molar-refractivity contribution in [3.05, 3.63) is 98.5 Å². The molecule has 0 spiro atoms. The van der Waals surface area contributed by atoms with E-state index in [1.807, 2.05) is 0 Å². The van der Waals surface area contributed by atoms with E-state index in [1.54, 1.807) is 41.3 Å². The Morgan fingerprint density at radius 1 is 1.04 bits per heavy atom. The number of likely N-dealkylation sites (tertiary alicyclic amines) is 1. The van der Waals surface area contributed by atoms with Gasteiger partial charge in [0, 0.05) is 48.3 Å². The van der Waals surface area contributed by atoms with Gasteiger partial charge in [-0.25, -0.2) is 4.39 Å². The monoisotopic (exact) mass is 652 g/mol. The molecule has 3 aromatic rings. The number of nitrogens with zero attached hydrogens (tertiary/aromatic N) is 3. The molecule has 3 amide bonds. The van der Waals surface area contributed by atoms with Gasteiger partial charge in [-0.05, 0) is 62.1 Å². The van der Waals surface area contributed by atoms with Crippen molar-refractivity contribution in [1.82, 2.24) is 14.8 Å². The van der Waals surface area contributed by atoms with E-state index in [2.05, 4.69) is 4.98 Å². The van der Waals surface area contributed by atoms with Crippen LogP contribution in [0, 0.1) is 17.2 Å². The molecule has 0 bridgehead atoms. The average Bonchev–Trinajstić information content (AvgIpc) is 3.79. The lowest BCUT2D eigenvalue weighted by Gasteiger charge is -2.40. The van der Waals surface area contributed by atoms with Crippen molar-refractivity contribution < 1.29 is 28.3 Å². The minimum absolute atomic E-state index is 0.0349. The van der Waals surface area contributed by atoms with Gasteiger partial charge in [0.05, 0.1) is 40.4 Å². The van der Waals surface area contributed by atoms with E-state index >= 15 is 4.39 Å². The van der Waals surface area contributed by atoms with Gasteiger partial charge >= 0.3 is 0 Å². The Kier molecular flexibility index (Phi) is 8.18. The number of ether oxygens (including phenoxy) is 1. The first-order chi connectivity index (χ1) is 21.4. The van der Waals surface area contributed by atoms with Gasteiger partial charge in [-0.1, -0.05) is 35.3 Å². The second kappa shape index (κ2) is 11.8. The summed E-state index contributed by atoms with van der Waals surface area (Å²) in [5.41, 5.74) is 3.72. The number of Topliss-reactive ketones (excluding diaryl/α,β-unsaturated/α-hetero) is 1. The quantitative estimate of drug-likeness (QED) is 0.321. The molecule has 6 rings (SSSR count). The number of hydrogen-bond donors (Lipinski definition) is 1. The van der Waals surface area contributed by atoms with Gasteiger partial charge in [0.1, 0.15) is 5.82 Å². The molecule has 45 heavy (non-hydrogen) atoms. The Morgan fingerprint density at radius 3 is 2.29 bits per heavy atom. The normalized spacial score (nSPS) is 20.7. The summed E-state index contributed by atoms with van der Waals surface area (Å²) in [6.45, 7) is 2.06. The van der Waals surface area contributed by atoms with E-state index in [0.29, 0.717) is 60.1 Å². The Morgan fingerprint density at radius 2 is 1.71 bits per heavy atom. The van der Waals surface area contributed by atoms with Crippen LogP contribution >= 0.6 is 23.2 Å². The Hall–Kier alpha value is -3.86. The number of carbonyl (C=O) groups is 4. The molecular weight excluding hydrogens is 622 g/mol. The highest BCUT2D eigenvalue weighted by molar-refractivity contribution is 6.30. The van der Waals surface area contributed by atoms with Crippen LogP contribution in [0.3, 0.4) is 0 Å². The molecule has 3 heterocycles. The predicted molar refractivity (Wildman–Crippen MR) is 164 cm³/mol. The molecule has 12 heteroatoms. The third kappa shape index (κ3) is 5.60. The van der Waals surface area contributed by atoms with Crippen LogP contribution in [0.25, 0.3) is 0 Å². The zero-order valence-corrected chi connectivity index (χ0v) is 26.0. The maximum absolute atomic E-state index is 16.6. The highest BCUT2D eigenvalue weighted by Gasteiger charge is 2.58. The number of aromatic nitrogens is 1. The Labute approximate surface area is 269 Å². The molecule has 1 saturated heterocycles. The van der Waals surface area contributed by atoms with Crippen LogP contribution in [0.4, 0.5) is 4.39 Å². The molecule has 2 N–H and O–H groups in total. The summed E-state index contributed by atoms with van der Waals surface area (Å²) in [7, 11) is 0. The summed E-state index contributed by atoms with van der Waals surface area (Å²) in [6, 6.07) is 12.3. The molecule has 1 aromatic heterocycles. The van der Waals surface area contributed by atoms with E-state index in [0.717, 1.165) is 6.07 Å². The van der Waals surface area contributed by atoms with E-state index in [1.165, 1.54) is 24.1 Å². The van der Waals surface area contributed by atoms with Crippen molar-refractivity contribution in [3.63, 3.8) is 0 Å². The molecule has 1 saturated carbocycles. The fourth-order valence-electron chi connectivity index (χ4n) is 6.29. The summed E-state index contributed by atoms with van der Waals surface area (Å²) < 4.78 is 23.2. The van der Waals surface area contributed by atoms with E-state index < -0.39 is 34.7 Å². The third-order valence-electron chi connectivity index (χ3n) is 9.16. The molecule has 2 aromatic carbocycles. The number of primary amides is 1. The zero-order chi connectivity index (χ0) is 32.1. The number of fused-ring (bicyclic) bond motifs is 1. The predicted octanol–water partition coefficient (Wildman–Crippen LogP) is 5.11. The molecule has 0 unspecified atom stereocenters. The third-order valence-corrected chi connectivity index (χ3v) is 9.63. The van der Waals surface area contributed by atoms with Crippen LogP contribution in [0.2, 0.25) is 10.0 Å². The molecular formula is C33H31Cl2FN4O5. The first-order valence-corrected chi connectivity index (χ1v) is 15.5. The first kappa shape index (κ1) is 31.1. The van der Waals surface area contributed by atoms with Crippen LogP contribution in [0.5, 0.6) is 0 Å². The average molecular weight is 654 g/mol. The minimum Gasteiger partial charge on any atom is -0.369 e. The van der Waals surface area contributed by atoms with Crippen molar-refractivity contribution in [2.45, 2.75) is 44.9 Å². The van der Waals surface area contributed by atoms with Gasteiger partial charge in [-0.2, -0.15) is 0 Å². The van der Waals surface area contributed by atoms with Crippen molar-refractivity contribution in [3.8, 4) is 0 Å². The van der Waals surface area contributed by atoms with Gasteiger partial charge < -0.3 is 15.4 Å². The molecule has 3 aliphatic rings. The summed E-state index contributed by atoms with van der Waals surface area (Å²) >= 11 is 12.3. The smallest absolute Gasteiger partial charge is 0.257 e. The highest BCUT2D eigenvalue weighted by Crippen LogP contribution is 2.52. The lowest BCUT2D eigenvalue weighted by molar-refractivity contribution is -0.142. The summed E-state index contributed by atoms with van der Waals surface area (Å²) in [4.78, 5) is 59.5. The van der Waals surface area contributed by atoms with Crippen molar-refractivity contribution in [2.24, 2.45) is 17.1 Å². The van der Waals surface area contributed by atoms with Crippen LogP contribution in [0.15, 0.2) is 54.7 Å². The fraction of sp³-hybridized carbons (Fsp3) is 0.364. The molecule has 234 valence electrons. The number of benzene rings is 2. The SMILES string of the molecule is CC(=O)N1CCC(C(=O)c2cc(F)c3c(c2)C(=O)N(Cc2ccc(Cl)cn2)[C@@]3(OCC2(C(N)=O)CC2)c2ccc(Cl)cc2)CC1. The summed E-state index contributed by atoms with van der Waals surface area (Å²) in [5, 5.41) is 0.813. The lowest BCUT2D eigenvalue weighted by Crippen LogP contribution is -2.48. The number of pyridine rings is 1. The van der Waals surface area contributed by atoms with Crippen molar-refractivity contribution in [1.29, 1.82) is 0 Å². The largest absolute Gasteiger partial charge is 0.369 e. The van der Waals surface area contributed by atoms with E-state index in [9.17, 15) is 19.2 Å². The van der Waals surface area contributed by atoms with Crippen LogP contribution in [0.1, 0.15) is 70.1 Å². The van der Waals surface area contributed by atoms with Crippen LogP contribution in [-0.2, 0) is 26.6 Å². The van der Waals surface area contributed by atoms with Gasteiger partial charge in [0.25, 0.3) is 5.91 Å². The van der Waals surface area contributed by atoms with E-state index in [-0.39, 0.29) is 41.5 Å². The Bertz CT molecular complexity index is 1690. The van der Waals surface area contributed by atoms with E-state index in [4.69, 9.17) is 33.7 Å². The molecule has 1 atom stereocenters. The summed E-state index contributed by atoms with van der Waals surface area (Å²) in [6.07, 6.45) is 3.31. The maximum Gasteiger partial charge on any atom is 0.257 e. The fourth-order valence-corrected chi connectivity index (χ4v) is 6.53. The Balaban J connectivity index is 1.47. The number of ketones is 1. The molecule has 2 fully saturated rings. The van der Waals surface area contributed by atoms with Crippen molar-refractivity contribution >= 4 is 46.7 Å². The van der Waals surface area contributed by atoms with Gasteiger partial charge in [0.2, 0.25) is 11.8 Å². The number of hydrogen-bond acceptors (Lipinski definition) is 6. The van der Waals surface area contributed by atoms with Crippen LogP contribution < -0.4 is 5.73 Å². The molecule has 9 nitrogen and oxygen atoms in total. The van der Waals surface area contributed by atoms with Gasteiger partial charge in [0.15, 0.2) is 11.5 Å². The first-order valence-electron chi connectivity index (χ1n) is 14.7. The standard InChI is InChI=1S/C33H31Cl2FN4O5/c1-19(41)39-12-8-20(9-13-39)29(42)21-14-26-28(27(36)15-21)33(22-2-4-23(34)5-3-22,45-18-32(10-11-32)31(37)44)40(30(26)43)17-25-7-6-24(35)16-38-25/h2-7,14-16,20H,8-13,17-18H2,1H3,(H2,37,44)/t33-/m1/s1. The minimum atomic E-state index is -1.85. The topological polar surface area (TPSA) is 123 Å². The molecule has 0 radical (unpaired) electrons. The second-order valence-corrected chi connectivity index (χ2v) is 12.8. The van der Waals surface area contributed by atoms with Crippen LogP contribution in [-0.4, -0.2) is 58.0 Å². The van der Waals surface area contributed by atoms with Gasteiger partial charge in [-0.15, -0.1) is 0 Å². The maximum atomic E-state index is 16.6. The van der Waals surface area contributed by atoms with Crippen molar-refractivity contribution in [2.75, 3.05) is 19.7 Å². The summed E-state index contributed by atoms with van der Waals surface area (Å²) in [5.74, 6) is -2.72. The number of piperidine rings is 1. The molecule has 2 aliphatic heterocycles. The number of nitrogens with two attached hydrogens (primary N) is 1. The second-order valence-electron chi connectivity index (χ2n) is 12.0. The number of halogens is 3. The highest BCUT2D eigenvalue weighted by atomic mass is 35.5. The zero-order valence-electron chi connectivity index (χ0n) is 24.5. The van der Waals surface area contributed by atoms with Gasteiger partial charge in [-0.3, -0.25) is 29.1 Å². The number of rotatable bonds is 9. The molecule has 1 aliphatic carbocycles. The number of amides is 3. The lowest BCUT2D eigenvalue weighted by atomic mass is 9.86. The number of carbonyl (C=O) groups excluding carboxylic acids is 4.